The minimum atomic E-state index is -0.871. The van der Waals surface area contributed by atoms with E-state index in [9.17, 15) is 9.59 Å². The van der Waals surface area contributed by atoms with Crippen LogP contribution in [0.1, 0.15) is 16.7 Å². The van der Waals surface area contributed by atoms with Crippen LogP contribution in [0, 0.1) is 5.41 Å². The number of carbonyl (C=O) groups is 2. The average Bonchev–Trinajstić information content (AvgIpc) is 2.76. The lowest BCUT2D eigenvalue weighted by molar-refractivity contribution is -0.144. The first-order valence-electron chi connectivity index (χ1n) is 9.07. The molecule has 0 bridgehead atoms. The van der Waals surface area contributed by atoms with Gasteiger partial charge in [-0.1, -0.05) is 36.4 Å². The van der Waals surface area contributed by atoms with E-state index in [1.807, 2.05) is 36.4 Å². The Bertz CT molecular complexity index is 1010. The number of rotatable bonds is 6. The number of anilines is 3. The maximum Gasteiger partial charge on any atom is 0.314 e. The van der Waals surface area contributed by atoms with Gasteiger partial charge in [-0.25, -0.2) is 4.98 Å². The number of nitrogen functional groups attached to an aromatic ring is 2. The summed E-state index contributed by atoms with van der Waals surface area (Å²) in [6.45, 7) is 0.444. The van der Waals surface area contributed by atoms with E-state index in [2.05, 4.69) is 15.3 Å². The van der Waals surface area contributed by atoms with E-state index in [0.29, 0.717) is 0 Å². The lowest BCUT2D eigenvalue weighted by Gasteiger charge is -2.22. The zero-order valence-corrected chi connectivity index (χ0v) is 16.1. The minimum absolute atomic E-state index is 0.0640. The zero-order chi connectivity index (χ0) is 21.5. The van der Waals surface area contributed by atoms with Crippen molar-refractivity contribution in [3.8, 4) is 0 Å². The molecule has 0 unspecified atom stereocenters. The number of nitrogens with one attached hydrogen (secondary N) is 2. The molecule has 0 radical (unpaired) electrons. The van der Waals surface area contributed by atoms with Gasteiger partial charge in [0, 0.05) is 31.7 Å². The topological polar surface area (TPSA) is 151 Å². The number of carbonyl (C=O) groups excluding carboxylic acids is 2. The molecule has 152 valence electrons. The van der Waals surface area contributed by atoms with E-state index in [0.717, 1.165) is 17.3 Å². The second-order valence-corrected chi connectivity index (χ2v) is 6.49. The summed E-state index contributed by atoms with van der Waals surface area (Å²) < 4.78 is 0. The molecule has 0 aliphatic heterocycles. The maximum absolute atomic E-state index is 13.0. The molecular weight excluding hydrogens is 382 g/mol. The van der Waals surface area contributed by atoms with Crippen molar-refractivity contribution in [1.29, 1.82) is 5.41 Å². The molecule has 1 aromatic carbocycles. The van der Waals surface area contributed by atoms with Gasteiger partial charge in [-0.2, -0.15) is 0 Å². The Labute approximate surface area is 173 Å². The molecule has 0 atom stereocenters. The molecule has 0 aliphatic carbocycles. The number of benzene rings is 1. The van der Waals surface area contributed by atoms with Crippen LogP contribution in [0.5, 0.6) is 0 Å². The highest BCUT2D eigenvalue weighted by Crippen LogP contribution is 2.24. The molecule has 2 aromatic heterocycles. The Hall–Kier alpha value is -4.27. The van der Waals surface area contributed by atoms with Gasteiger partial charge in [0.05, 0.1) is 23.1 Å². The van der Waals surface area contributed by atoms with Crippen molar-refractivity contribution in [1.82, 2.24) is 14.9 Å². The van der Waals surface area contributed by atoms with Crippen LogP contribution in [0.25, 0.3) is 0 Å². The Kier molecular flexibility index (Phi) is 6.33. The van der Waals surface area contributed by atoms with Crippen molar-refractivity contribution >= 4 is 35.2 Å². The van der Waals surface area contributed by atoms with Gasteiger partial charge >= 0.3 is 11.8 Å². The van der Waals surface area contributed by atoms with Gasteiger partial charge in [-0.3, -0.25) is 14.6 Å². The Balaban J connectivity index is 1.83. The highest BCUT2D eigenvalue weighted by molar-refractivity contribution is 6.39. The Morgan fingerprint density at radius 3 is 2.40 bits per heavy atom. The fraction of sp³-hybridized carbons (Fsp3) is 0.0952. The first-order valence-corrected chi connectivity index (χ1v) is 9.07. The predicted octanol–water partition coefficient (Wildman–Crippen LogP) is 1.81. The van der Waals surface area contributed by atoms with Crippen LogP contribution in [0.2, 0.25) is 0 Å². The molecule has 3 rings (SSSR count). The number of pyridine rings is 2. The Morgan fingerprint density at radius 1 is 1.03 bits per heavy atom. The average molecular weight is 403 g/mol. The number of aromatic nitrogens is 2. The second kappa shape index (κ2) is 9.28. The lowest BCUT2D eigenvalue weighted by Crippen LogP contribution is -2.39. The molecule has 0 saturated carbocycles. The van der Waals surface area contributed by atoms with Gasteiger partial charge in [0.1, 0.15) is 5.82 Å². The molecule has 0 saturated heterocycles. The normalized spacial score (nSPS) is 10.3. The van der Waals surface area contributed by atoms with Gasteiger partial charge in [0.2, 0.25) is 0 Å². The first kappa shape index (κ1) is 20.5. The summed E-state index contributed by atoms with van der Waals surface area (Å²) in [5.74, 6) is -1.55. The molecule has 9 heteroatoms. The van der Waals surface area contributed by atoms with E-state index >= 15 is 0 Å². The highest BCUT2D eigenvalue weighted by Gasteiger charge is 2.24. The summed E-state index contributed by atoms with van der Waals surface area (Å²) in [6.07, 6.45) is 5.48. The van der Waals surface area contributed by atoms with Crippen LogP contribution in [-0.2, 0) is 22.7 Å². The summed E-state index contributed by atoms with van der Waals surface area (Å²) in [6, 6.07) is 12.9. The van der Waals surface area contributed by atoms with Gasteiger partial charge in [0.15, 0.2) is 0 Å². The van der Waals surface area contributed by atoms with E-state index in [1.165, 1.54) is 11.1 Å². The lowest BCUT2D eigenvalue weighted by atomic mass is 10.2. The quantitative estimate of drug-likeness (QED) is 0.364. The van der Waals surface area contributed by atoms with Gasteiger partial charge in [-0.05, 0) is 17.2 Å². The third-order valence-corrected chi connectivity index (χ3v) is 4.38. The summed E-state index contributed by atoms with van der Waals surface area (Å²) in [5, 5.41) is 9.86. The van der Waals surface area contributed by atoms with Crippen LogP contribution in [0.3, 0.4) is 0 Å². The Morgan fingerprint density at radius 2 is 1.73 bits per heavy atom. The van der Waals surface area contributed by atoms with Gasteiger partial charge in [0.25, 0.3) is 0 Å². The van der Waals surface area contributed by atoms with Crippen molar-refractivity contribution in [2.24, 2.45) is 0 Å². The summed E-state index contributed by atoms with van der Waals surface area (Å²) in [4.78, 5) is 35.0. The minimum Gasteiger partial charge on any atom is -0.396 e. The zero-order valence-electron chi connectivity index (χ0n) is 16.1. The monoisotopic (exact) mass is 403 g/mol. The van der Waals surface area contributed by atoms with E-state index in [1.54, 1.807) is 18.5 Å². The van der Waals surface area contributed by atoms with E-state index < -0.39 is 11.8 Å². The van der Waals surface area contributed by atoms with Gasteiger partial charge < -0.3 is 27.1 Å². The fourth-order valence-electron chi connectivity index (χ4n) is 2.84. The number of hydrogen-bond donors (Lipinski definition) is 4. The van der Waals surface area contributed by atoms with Gasteiger partial charge in [-0.15, -0.1) is 0 Å². The van der Waals surface area contributed by atoms with Crippen molar-refractivity contribution in [3.05, 3.63) is 77.7 Å². The number of hydrogen-bond acceptors (Lipinski definition) is 7. The van der Waals surface area contributed by atoms with Crippen molar-refractivity contribution < 1.29 is 9.59 Å². The maximum atomic E-state index is 13.0. The fourth-order valence-corrected chi connectivity index (χ4v) is 2.84. The van der Waals surface area contributed by atoms with Crippen molar-refractivity contribution in [3.63, 3.8) is 0 Å². The molecule has 0 aliphatic rings. The summed E-state index contributed by atoms with van der Waals surface area (Å²) in [7, 11) is 0. The molecule has 30 heavy (non-hydrogen) atoms. The highest BCUT2D eigenvalue weighted by atomic mass is 16.2. The van der Waals surface area contributed by atoms with Crippen LogP contribution >= 0.6 is 0 Å². The molecule has 0 fully saturated rings. The summed E-state index contributed by atoms with van der Waals surface area (Å²) >= 11 is 0. The van der Waals surface area contributed by atoms with Crippen LogP contribution in [0.4, 0.5) is 17.2 Å². The molecule has 6 N–H and O–H groups in total. The molecule has 9 nitrogen and oxygen atoms in total. The first-order chi connectivity index (χ1) is 14.5. The van der Waals surface area contributed by atoms with Crippen LogP contribution in [0.15, 0.2) is 61.1 Å². The van der Waals surface area contributed by atoms with Crippen LogP contribution < -0.4 is 16.8 Å². The largest absolute Gasteiger partial charge is 0.396 e. The SMILES string of the molecule is N=Cc1c(N)ncc(NC(=O)C(=O)N(Cc2ccccc2)Cc2cccnc2)c1N. The van der Waals surface area contributed by atoms with Crippen molar-refractivity contribution in [2.75, 3.05) is 16.8 Å². The molecule has 3 aromatic rings. The standard InChI is InChI=1S/C21H21N7O2/c22-9-16-18(23)17(11-26-19(16)24)27-20(29)21(30)28(12-14-5-2-1-3-6-14)13-15-7-4-8-25-10-15/h1-11,22H,12-13H2,(H,27,29)(H4,23,24,26). The number of nitrogens with two attached hydrogens (primary N) is 2. The van der Waals surface area contributed by atoms with Crippen molar-refractivity contribution in [2.45, 2.75) is 13.1 Å². The molecule has 2 heterocycles. The molecule has 2 amide bonds. The molecule has 0 spiro atoms. The third-order valence-electron chi connectivity index (χ3n) is 4.38. The van der Waals surface area contributed by atoms with E-state index in [4.69, 9.17) is 16.9 Å². The molecular formula is C21H21N7O2. The van der Waals surface area contributed by atoms with Crippen LogP contribution in [-0.4, -0.2) is 32.9 Å². The summed E-state index contributed by atoms with van der Waals surface area (Å²) in [5.41, 5.74) is 13.6. The second-order valence-electron chi connectivity index (χ2n) is 6.49. The third kappa shape index (κ3) is 4.76. The number of amides is 2. The van der Waals surface area contributed by atoms with E-state index in [-0.39, 0.29) is 35.8 Å². The predicted molar refractivity (Wildman–Crippen MR) is 115 cm³/mol. The number of nitrogens with zero attached hydrogens (tertiary/aromatic N) is 3. The smallest absolute Gasteiger partial charge is 0.314 e.